The van der Waals surface area contributed by atoms with Crippen molar-refractivity contribution in [2.24, 2.45) is 0 Å². The SMILES string of the molecule is CCCC(=O)N1CCCN(Cc2ccccc2)CCN(C(=O)CCn2nc(C(F)(F)F)cc2C)Cc2ccc(Cl)cc21. The predicted molar refractivity (Wildman–Crippen MR) is 157 cm³/mol. The van der Waals surface area contributed by atoms with Crippen molar-refractivity contribution in [2.45, 2.75) is 65.3 Å². The number of fused-ring (bicyclic) bond motifs is 1. The highest BCUT2D eigenvalue weighted by Crippen LogP contribution is 2.30. The number of halogens is 4. The number of anilines is 1. The molecule has 2 aromatic carbocycles. The predicted octanol–water partition coefficient (Wildman–Crippen LogP) is 6.32. The van der Waals surface area contributed by atoms with Gasteiger partial charge in [0, 0.05) is 69.4 Å². The van der Waals surface area contributed by atoms with E-state index in [1.54, 1.807) is 28.9 Å². The average molecular weight is 604 g/mol. The number of amides is 2. The molecule has 0 bridgehead atoms. The van der Waals surface area contributed by atoms with E-state index in [1.165, 1.54) is 4.68 Å². The Kier molecular flexibility index (Phi) is 10.7. The molecule has 0 N–H and O–H groups in total. The van der Waals surface area contributed by atoms with E-state index in [1.807, 2.05) is 31.2 Å². The van der Waals surface area contributed by atoms with Crippen LogP contribution in [-0.2, 0) is 35.4 Å². The molecule has 1 aromatic heterocycles. The summed E-state index contributed by atoms with van der Waals surface area (Å²) in [5, 5.41) is 4.17. The molecular weight excluding hydrogens is 567 g/mol. The monoisotopic (exact) mass is 603 g/mol. The van der Waals surface area contributed by atoms with E-state index in [0.29, 0.717) is 55.4 Å². The molecular formula is C31H37ClF3N5O2. The fraction of sp³-hybridized carbons (Fsp3) is 0.452. The molecule has 0 saturated heterocycles. The topological polar surface area (TPSA) is 61.7 Å². The summed E-state index contributed by atoms with van der Waals surface area (Å²) in [6.07, 6.45) is -2.72. The van der Waals surface area contributed by atoms with E-state index in [0.717, 1.165) is 30.2 Å². The summed E-state index contributed by atoms with van der Waals surface area (Å²) in [4.78, 5) is 32.7. The molecule has 0 unspecified atom stereocenters. The molecule has 0 atom stereocenters. The molecule has 0 radical (unpaired) electrons. The van der Waals surface area contributed by atoms with Crippen LogP contribution in [0.3, 0.4) is 0 Å². The number of benzene rings is 2. The molecule has 2 heterocycles. The van der Waals surface area contributed by atoms with Crippen LogP contribution in [0.5, 0.6) is 0 Å². The fourth-order valence-corrected chi connectivity index (χ4v) is 5.37. The first-order valence-corrected chi connectivity index (χ1v) is 14.7. The molecule has 4 rings (SSSR count). The van der Waals surface area contributed by atoms with Gasteiger partial charge in [0.05, 0.1) is 5.69 Å². The minimum atomic E-state index is -4.55. The maximum atomic E-state index is 13.6. The number of carbonyl (C=O) groups is 2. The number of aryl methyl sites for hydroxylation is 2. The van der Waals surface area contributed by atoms with Crippen LogP contribution in [-0.4, -0.2) is 57.6 Å². The quantitative estimate of drug-likeness (QED) is 0.317. The van der Waals surface area contributed by atoms with Crippen molar-refractivity contribution in [1.82, 2.24) is 19.6 Å². The van der Waals surface area contributed by atoms with Crippen LogP contribution in [0.1, 0.15) is 55.1 Å². The van der Waals surface area contributed by atoms with Crippen LogP contribution in [0.4, 0.5) is 18.9 Å². The molecule has 0 spiro atoms. The second-order valence-electron chi connectivity index (χ2n) is 10.6. The van der Waals surface area contributed by atoms with E-state index in [2.05, 4.69) is 22.1 Å². The lowest BCUT2D eigenvalue weighted by molar-refractivity contribution is -0.141. The van der Waals surface area contributed by atoms with E-state index in [-0.39, 0.29) is 31.3 Å². The summed E-state index contributed by atoms with van der Waals surface area (Å²) in [6.45, 7) is 6.73. The summed E-state index contributed by atoms with van der Waals surface area (Å²) >= 11 is 6.39. The average Bonchev–Trinajstić information content (AvgIpc) is 3.32. The van der Waals surface area contributed by atoms with Gasteiger partial charge in [0.1, 0.15) is 0 Å². The molecule has 1 aliphatic heterocycles. The largest absolute Gasteiger partial charge is 0.435 e. The summed E-state index contributed by atoms with van der Waals surface area (Å²) in [5.74, 6) is -0.202. The van der Waals surface area contributed by atoms with Gasteiger partial charge in [0.15, 0.2) is 5.69 Å². The number of carbonyl (C=O) groups excluding carboxylic acids is 2. The number of hydrogen-bond acceptors (Lipinski definition) is 4. The van der Waals surface area contributed by atoms with Gasteiger partial charge in [-0.05, 0) is 49.1 Å². The summed E-state index contributed by atoms with van der Waals surface area (Å²) < 4.78 is 40.7. The van der Waals surface area contributed by atoms with Crippen LogP contribution >= 0.6 is 11.6 Å². The van der Waals surface area contributed by atoms with Gasteiger partial charge in [-0.25, -0.2) is 0 Å². The smallest absolute Gasteiger partial charge is 0.337 e. The summed E-state index contributed by atoms with van der Waals surface area (Å²) in [5.41, 5.74) is 2.00. The zero-order valence-corrected chi connectivity index (χ0v) is 24.8. The molecule has 1 aliphatic rings. The zero-order chi connectivity index (χ0) is 30.3. The molecule has 42 heavy (non-hydrogen) atoms. The van der Waals surface area contributed by atoms with Crippen LogP contribution in [0.2, 0.25) is 5.02 Å². The summed E-state index contributed by atoms with van der Waals surface area (Å²) in [7, 11) is 0. The van der Waals surface area contributed by atoms with Crippen LogP contribution in [0.25, 0.3) is 0 Å². The van der Waals surface area contributed by atoms with E-state index >= 15 is 0 Å². The Morgan fingerprint density at radius 2 is 1.71 bits per heavy atom. The van der Waals surface area contributed by atoms with Crippen molar-refractivity contribution in [3.05, 3.63) is 82.1 Å². The molecule has 0 fully saturated rings. The van der Waals surface area contributed by atoms with Crippen molar-refractivity contribution >= 4 is 29.1 Å². The Morgan fingerprint density at radius 3 is 2.40 bits per heavy atom. The number of alkyl halides is 3. The molecule has 11 heteroatoms. The highest BCUT2D eigenvalue weighted by molar-refractivity contribution is 6.31. The molecule has 7 nitrogen and oxygen atoms in total. The van der Waals surface area contributed by atoms with E-state index in [9.17, 15) is 22.8 Å². The van der Waals surface area contributed by atoms with Gasteiger partial charge in [-0.1, -0.05) is 54.9 Å². The highest BCUT2D eigenvalue weighted by atomic mass is 35.5. The standard InChI is InChI=1S/C31H37ClF3N5O2/c1-3-8-30(42)39-15-7-14-37(21-24-9-5-4-6-10-24)17-18-38(22-25-11-12-26(32)20-27(25)39)29(41)13-16-40-23(2)19-28(36-40)31(33,34)35/h4-6,9-12,19-20H,3,7-8,13-18,21-22H2,1-2H3. The fourth-order valence-electron chi connectivity index (χ4n) is 5.21. The van der Waals surface area contributed by atoms with Crippen molar-refractivity contribution in [1.29, 1.82) is 0 Å². The highest BCUT2D eigenvalue weighted by Gasteiger charge is 2.34. The van der Waals surface area contributed by atoms with Gasteiger partial charge >= 0.3 is 6.18 Å². The van der Waals surface area contributed by atoms with Crippen molar-refractivity contribution < 1.29 is 22.8 Å². The Bertz CT molecular complexity index is 1360. The first-order valence-electron chi connectivity index (χ1n) is 14.3. The first-order chi connectivity index (χ1) is 20.0. The Labute approximate surface area is 249 Å². The number of aromatic nitrogens is 2. The van der Waals surface area contributed by atoms with Gasteiger partial charge in [-0.2, -0.15) is 18.3 Å². The van der Waals surface area contributed by atoms with Gasteiger partial charge in [0.25, 0.3) is 0 Å². The number of nitrogens with zero attached hydrogens (tertiary/aromatic N) is 5. The van der Waals surface area contributed by atoms with Crippen molar-refractivity contribution in [2.75, 3.05) is 31.1 Å². The first kappa shape index (κ1) is 31.6. The minimum absolute atomic E-state index is 0.00220. The number of rotatable bonds is 7. The van der Waals surface area contributed by atoms with Crippen LogP contribution < -0.4 is 4.90 Å². The maximum absolute atomic E-state index is 13.6. The van der Waals surface area contributed by atoms with Crippen molar-refractivity contribution in [3.8, 4) is 0 Å². The van der Waals surface area contributed by atoms with Gasteiger partial charge in [-0.3, -0.25) is 19.2 Å². The van der Waals surface area contributed by atoms with Gasteiger partial charge in [-0.15, -0.1) is 0 Å². The van der Waals surface area contributed by atoms with Crippen LogP contribution in [0, 0.1) is 6.92 Å². The number of hydrogen-bond donors (Lipinski definition) is 0. The zero-order valence-electron chi connectivity index (χ0n) is 24.0. The molecule has 0 aliphatic carbocycles. The maximum Gasteiger partial charge on any atom is 0.435 e. The third-order valence-electron chi connectivity index (χ3n) is 7.42. The lowest BCUT2D eigenvalue weighted by Gasteiger charge is -2.28. The Morgan fingerprint density at radius 1 is 0.952 bits per heavy atom. The molecule has 0 saturated carbocycles. The molecule has 2 amide bonds. The summed E-state index contributed by atoms with van der Waals surface area (Å²) in [6, 6.07) is 16.4. The Balaban J connectivity index is 1.61. The lowest BCUT2D eigenvalue weighted by atomic mass is 10.1. The normalized spacial score (nSPS) is 15.3. The van der Waals surface area contributed by atoms with E-state index in [4.69, 9.17) is 11.6 Å². The van der Waals surface area contributed by atoms with Crippen LogP contribution in [0.15, 0.2) is 54.6 Å². The van der Waals surface area contributed by atoms with Gasteiger partial charge in [0.2, 0.25) is 11.8 Å². The Hall–Kier alpha value is -3.37. The molecule has 3 aromatic rings. The van der Waals surface area contributed by atoms with Crippen molar-refractivity contribution in [3.63, 3.8) is 0 Å². The minimum Gasteiger partial charge on any atom is -0.337 e. The molecule has 226 valence electrons. The van der Waals surface area contributed by atoms with E-state index < -0.39 is 11.9 Å². The second-order valence-corrected chi connectivity index (χ2v) is 11.1. The third-order valence-corrected chi connectivity index (χ3v) is 7.65. The second kappa shape index (κ2) is 14.2. The van der Waals surface area contributed by atoms with Gasteiger partial charge < -0.3 is 9.80 Å². The third kappa shape index (κ3) is 8.35. The lowest BCUT2D eigenvalue weighted by Crippen LogP contribution is -2.39.